The number of ether oxygens (including phenoxy) is 1. The molecular formula is C8H12O2. The van der Waals surface area contributed by atoms with Gasteiger partial charge in [-0.15, -0.1) is 0 Å². The lowest BCUT2D eigenvalue weighted by molar-refractivity contribution is -0.116. The summed E-state index contributed by atoms with van der Waals surface area (Å²) in [5.41, 5.74) is 0.800. The van der Waals surface area contributed by atoms with E-state index in [4.69, 9.17) is 4.74 Å². The molecule has 2 heteroatoms. The summed E-state index contributed by atoms with van der Waals surface area (Å²) in [6, 6.07) is 0. The van der Waals surface area contributed by atoms with Crippen LogP contribution >= 0.6 is 0 Å². The molecule has 0 aromatic carbocycles. The van der Waals surface area contributed by atoms with Crippen LogP contribution in [0.5, 0.6) is 0 Å². The van der Waals surface area contributed by atoms with Crippen LogP contribution in [-0.4, -0.2) is 18.0 Å². The van der Waals surface area contributed by atoms with Crippen molar-refractivity contribution in [2.75, 3.05) is 0 Å². The summed E-state index contributed by atoms with van der Waals surface area (Å²) >= 11 is 0. The molecule has 1 aliphatic heterocycles. The maximum Gasteiger partial charge on any atom is 0.189 e. The first-order chi connectivity index (χ1) is 4.66. The van der Waals surface area contributed by atoms with Gasteiger partial charge in [-0.1, -0.05) is 6.08 Å². The van der Waals surface area contributed by atoms with Gasteiger partial charge in [0.15, 0.2) is 5.78 Å². The molecule has 2 atom stereocenters. The monoisotopic (exact) mass is 140 g/mol. The van der Waals surface area contributed by atoms with E-state index in [0.717, 1.165) is 5.57 Å². The molecule has 0 saturated carbocycles. The summed E-state index contributed by atoms with van der Waals surface area (Å²) in [7, 11) is 0. The first-order valence-corrected chi connectivity index (χ1v) is 3.49. The molecule has 10 heavy (non-hydrogen) atoms. The summed E-state index contributed by atoms with van der Waals surface area (Å²) in [4.78, 5) is 11.2. The highest BCUT2D eigenvalue weighted by molar-refractivity contribution is 6.00. The smallest absolute Gasteiger partial charge is 0.189 e. The lowest BCUT2D eigenvalue weighted by atomic mass is 10.1. The average Bonchev–Trinajstić information content (AvgIpc) is 2.63. The van der Waals surface area contributed by atoms with E-state index in [1.165, 1.54) is 0 Å². The highest BCUT2D eigenvalue weighted by Crippen LogP contribution is 2.24. The zero-order chi connectivity index (χ0) is 7.72. The van der Waals surface area contributed by atoms with Crippen molar-refractivity contribution in [1.29, 1.82) is 0 Å². The number of hydrogen-bond acceptors (Lipinski definition) is 2. The van der Waals surface area contributed by atoms with E-state index in [1.54, 1.807) is 0 Å². The third-order valence-corrected chi connectivity index (χ3v) is 1.79. The summed E-state index contributed by atoms with van der Waals surface area (Å²) < 4.78 is 5.01. The van der Waals surface area contributed by atoms with Crippen LogP contribution in [0.15, 0.2) is 11.6 Å². The fraction of sp³-hybridized carbons (Fsp3) is 0.625. The number of rotatable bonds is 2. The Morgan fingerprint density at radius 3 is 2.40 bits per heavy atom. The fourth-order valence-corrected chi connectivity index (χ4v) is 0.828. The van der Waals surface area contributed by atoms with Crippen molar-refractivity contribution in [3.63, 3.8) is 0 Å². The van der Waals surface area contributed by atoms with Crippen LogP contribution in [0.4, 0.5) is 0 Å². The van der Waals surface area contributed by atoms with E-state index in [0.29, 0.717) is 0 Å². The molecule has 1 rings (SSSR count). The van der Waals surface area contributed by atoms with Crippen molar-refractivity contribution < 1.29 is 9.53 Å². The number of hydrogen-bond donors (Lipinski definition) is 0. The van der Waals surface area contributed by atoms with Gasteiger partial charge in [0, 0.05) is 0 Å². The molecule has 1 fully saturated rings. The third-order valence-electron chi connectivity index (χ3n) is 1.79. The van der Waals surface area contributed by atoms with E-state index >= 15 is 0 Å². The number of allylic oxidation sites excluding steroid dienone is 1. The van der Waals surface area contributed by atoms with Crippen molar-refractivity contribution in [2.45, 2.75) is 33.0 Å². The molecule has 0 N–H and O–H groups in total. The van der Waals surface area contributed by atoms with Crippen molar-refractivity contribution in [3.05, 3.63) is 11.6 Å². The summed E-state index contributed by atoms with van der Waals surface area (Å²) in [6.07, 6.45) is 1.81. The predicted octanol–water partition coefficient (Wildman–Crippen LogP) is 1.31. The number of ketones is 1. The second-order valence-electron chi connectivity index (χ2n) is 2.60. The van der Waals surface area contributed by atoms with Crippen molar-refractivity contribution in [3.8, 4) is 0 Å². The predicted molar refractivity (Wildman–Crippen MR) is 38.8 cm³/mol. The van der Waals surface area contributed by atoms with Crippen molar-refractivity contribution in [1.82, 2.24) is 0 Å². The molecule has 1 heterocycles. The average molecular weight is 140 g/mol. The molecule has 0 aliphatic carbocycles. The molecule has 0 amide bonds. The molecule has 2 unspecified atom stereocenters. The van der Waals surface area contributed by atoms with Crippen LogP contribution in [0.3, 0.4) is 0 Å². The van der Waals surface area contributed by atoms with Gasteiger partial charge >= 0.3 is 0 Å². The number of Topliss-reactive ketones (excluding diaryl/α,β-unsaturated/α-hetero) is 1. The van der Waals surface area contributed by atoms with E-state index in [-0.39, 0.29) is 18.0 Å². The Morgan fingerprint density at radius 2 is 2.10 bits per heavy atom. The van der Waals surface area contributed by atoms with Crippen LogP contribution in [-0.2, 0) is 9.53 Å². The Labute approximate surface area is 60.9 Å². The Bertz CT molecular complexity index is 182. The zero-order valence-electron chi connectivity index (χ0n) is 6.55. The van der Waals surface area contributed by atoms with E-state index < -0.39 is 0 Å². The lowest BCUT2D eigenvalue weighted by Crippen LogP contribution is -2.09. The molecule has 0 aromatic heterocycles. The van der Waals surface area contributed by atoms with Gasteiger partial charge in [0.2, 0.25) is 0 Å². The van der Waals surface area contributed by atoms with Crippen LogP contribution in [0.1, 0.15) is 20.8 Å². The molecule has 1 aliphatic rings. The minimum Gasteiger partial charge on any atom is -0.361 e. The Kier molecular flexibility index (Phi) is 1.90. The summed E-state index contributed by atoms with van der Waals surface area (Å²) in [6.45, 7) is 5.59. The largest absolute Gasteiger partial charge is 0.361 e. The van der Waals surface area contributed by atoms with Gasteiger partial charge in [0.25, 0.3) is 0 Å². The minimum atomic E-state index is -0.142. The molecule has 56 valence electrons. The number of carbonyl (C=O) groups is 1. The topological polar surface area (TPSA) is 29.6 Å². The number of carbonyl (C=O) groups excluding carboxylic acids is 1. The second-order valence-corrected chi connectivity index (χ2v) is 2.60. The van der Waals surface area contributed by atoms with Gasteiger partial charge in [0.05, 0.1) is 6.10 Å². The molecule has 2 nitrogen and oxygen atoms in total. The van der Waals surface area contributed by atoms with Gasteiger partial charge in [-0.2, -0.15) is 0 Å². The molecule has 1 saturated heterocycles. The maximum atomic E-state index is 11.2. The first kappa shape index (κ1) is 7.48. The highest BCUT2D eigenvalue weighted by atomic mass is 16.6. The fourth-order valence-electron chi connectivity index (χ4n) is 0.828. The van der Waals surface area contributed by atoms with Gasteiger partial charge < -0.3 is 4.74 Å². The zero-order valence-corrected chi connectivity index (χ0v) is 6.55. The molecule has 0 aromatic rings. The Balaban J connectivity index is 2.51. The van der Waals surface area contributed by atoms with E-state index in [9.17, 15) is 4.79 Å². The van der Waals surface area contributed by atoms with E-state index in [2.05, 4.69) is 0 Å². The normalized spacial score (nSPS) is 32.1. The highest BCUT2D eigenvalue weighted by Gasteiger charge is 2.40. The second kappa shape index (κ2) is 2.54. The first-order valence-electron chi connectivity index (χ1n) is 3.49. The van der Waals surface area contributed by atoms with Gasteiger partial charge in [-0.05, 0) is 26.3 Å². The SMILES string of the molecule is C/C=C(\C)C(=O)C1OC1C. The summed E-state index contributed by atoms with van der Waals surface area (Å²) in [5, 5.41) is 0. The van der Waals surface area contributed by atoms with Gasteiger partial charge in [-0.25, -0.2) is 0 Å². The maximum absolute atomic E-state index is 11.2. The van der Waals surface area contributed by atoms with Crippen LogP contribution in [0, 0.1) is 0 Å². The Morgan fingerprint density at radius 1 is 1.60 bits per heavy atom. The van der Waals surface area contributed by atoms with Crippen LogP contribution in [0.25, 0.3) is 0 Å². The van der Waals surface area contributed by atoms with Crippen LogP contribution in [0.2, 0.25) is 0 Å². The molecular weight excluding hydrogens is 128 g/mol. The van der Waals surface area contributed by atoms with Crippen molar-refractivity contribution >= 4 is 5.78 Å². The quantitative estimate of drug-likeness (QED) is 0.427. The summed E-state index contributed by atoms with van der Waals surface area (Å²) in [5.74, 6) is 0.134. The van der Waals surface area contributed by atoms with Gasteiger partial charge in [0.1, 0.15) is 6.10 Å². The van der Waals surface area contributed by atoms with E-state index in [1.807, 2.05) is 26.8 Å². The van der Waals surface area contributed by atoms with Crippen LogP contribution < -0.4 is 0 Å². The number of epoxide rings is 1. The van der Waals surface area contributed by atoms with Crippen molar-refractivity contribution in [2.24, 2.45) is 0 Å². The van der Waals surface area contributed by atoms with Gasteiger partial charge in [-0.3, -0.25) is 4.79 Å². The Hall–Kier alpha value is -0.630. The molecule has 0 bridgehead atoms. The standard InChI is InChI=1S/C8H12O2/c1-4-5(2)7(9)8-6(3)10-8/h4,6,8H,1-3H3/b5-4+. The molecule has 0 radical (unpaired) electrons. The lowest BCUT2D eigenvalue weighted by Gasteiger charge is -1.92. The minimum absolute atomic E-state index is 0.134. The molecule has 0 spiro atoms. The third kappa shape index (κ3) is 1.27.